The van der Waals surface area contributed by atoms with Crippen LogP contribution in [0.5, 0.6) is 17.2 Å². The molecule has 79 heavy (non-hydrogen) atoms. The van der Waals surface area contributed by atoms with Crippen molar-refractivity contribution in [3.05, 3.63) is 202 Å². The molecule has 3 unspecified atom stereocenters. The Kier molecular flexibility index (Phi) is 19.4. The summed E-state index contributed by atoms with van der Waals surface area (Å²) in [4.78, 5) is 103. The van der Waals surface area contributed by atoms with E-state index in [0.29, 0.717) is 16.7 Å². The van der Waals surface area contributed by atoms with Gasteiger partial charge in [-0.1, -0.05) is 112 Å². The first-order valence-electron chi connectivity index (χ1n) is 25.1. The SMILES string of the molecule is CCC(NC(=O)O)(c1c(OCc2ccccc2)c(=O)ccn1CCO)C([N+](=O)[O-])(C(CC)(NC(=O)O)c1c(OCc2ccccc2)c(=O)ccn1CCO)C(CC)(NC(=O)O)c1c(OCc2ccccc2)c(=O)ccn1CCO. The number of hydrogen-bond acceptors (Lipinski definition) is 14. The van der Waals surface area contributed by atoms with Gasteiger partial charge in [-0.3, -0.25) is 24.5 Å². The third-order valence-electron chi connectivity index (χ3n) is 14.0. The van der Waals surface area contributed by atoms with Crippen LogP contribution in [0.3, 0.4) is 0 Å². The molecule has 6 aromatic rings. The van der Waals surface area contributed by atoms with Crippen molar-refractivity contribution in [2.45, 2.75) is 102 Å². The monoisotopic (exact) mass is 1090 g/mol. The van der Waals surface area contributed by atoms with Gasteiger partial charge in [-0.15, -0.1) is 0 Å². The standard InChI is InChI=1S/C55H63N7O17/c1-4-52(56-49(69)70,46-43(40(66)22-25-59(46)28-31-63)77-34-37-16-10-7-11-17-37)55(62(75)76,53(5-2,57-50(71)72)47-44(41(67)23-26-60(47)29-32-64)78-35-38-18-12-8-13-19-38)54(6-3,58-51(73)74)48-45(42(68)24-27-61(48)30-33-65)79-36-39-20-14-9-15-21-39/h7-27,56-58,63-65H,4-6,28-36H2,1-3H3,(H,69,70)(H,71,72)(H,73,74). The normalized spacial score (nSPS) is 14.3. The molecule has 0 spiro atoms. The molecular formula is C55H63N7O17. The zero-order chi connectivity index (χ0) is 57.5. The maximum Gasteiger partial charge on any atom is 0.405 e. The summed E-state index contributed by atoms with van der Waals surface area (Å²) in [6.45, 7) is -2.07. The van der Waals surface area contributed by atoms with Gasteiger partial charge in [-0.25, -0.2) is 14.4 Å². The van der Waals surface area contributed by atoms with Crippen LogP contribution in [-0.2, 0) is 56.1 Å². The molecule has 0 bridgehead atoms. The quantitative estimate of drug-likeness (QED) is 0.0232. The predicted molar refractivity (Wildman–Crippen MR) is 285 cm³/mol. The molecule has 0 aliphatic heterocycles. The predicted octanol–water partition coefficient (Wildman–Crippen LogP) is 4.92. The van der Waals surface area contributed by atoms with Crippen LogP contribution in [0.2, 0.25) is 0 Å². The molecule has 9 N–H and O–H groups in total. The maximum absolute atomic E-state index is 16.4. The number of ether oxygens (including phenoxy) is 3. The van der Waals surface area contributed by atoms with Crippen molar-refractivity contribution in [1.82, 2.24) is 29.7 Å². The molecule has 3 amide bonds. The van der Waals surface area contributed by atoms with Gasteiger partial charge < -0.3 is 74.5 Å². The molecule has 24 nitrogen and oxygen atoms in total. The fourth-order valence-electron chi connectivity index (χ4n) is 11.1. The van der Waals surface area contributed by atoms with Crippen LogP contribution in [0.1, 0.15) is 73.8 Å². The van der Waals surface area contributed by atoms with Crippen LogP contribution in [0.25, 0.3) is 0 Å². The van der Waals surface area contributed by atoms with Crippen molar-refractivity contribution >= 4 is 18.3 Å². The average Bonchev–Trinajstić information content (AvgIpc) is 2.32. The number of nitrogens with one attached hydrogen (secondary N) is 3. The number of aliphatic hydroxyl groups excluding tert-OH is 3. The van der Waals surface area contributed by atoms with Gasteiger partial charge in [0.1, 0.15) is 19.8 Å². The zero-order valence-corrected chi connectivity index (χ0v) is 43.6. The Morgan fingerprint density at radius 1 is 0.481 bits per heavy atom. The molecule has 3 aromatic carbocycles. The number of carbonyl (C=O) groups is 3. The lowest BCUT2D eigenvalue weighted by Crippen LogP contribution is -2.87. The van der Waals surface area contributed by atoms with Gasteiger partial charge >= 0.3 is 23.8 Å². The molecule has 3 aromatic heterocycles. The Bertz CT molecular complexity index is 2950. The van der Waals surface area contributed by atoms with E-state index >= 15 is 10.1 Å². The second kappa shape index (κ2) is 25.9. The zero-order valence-electron chi connectivity index (χ0n) is 43.6. The molecule has 0 aliphatic rings. The third-order valence-corrected chi connectivity index (χ3v) is 14.0. The van der Waals surface area contributed by atoms with Crippen molar-refractivity contribution in [1.29, 1.82) is 0 Å². The number of aliphatic hydroxyl groups is 3. The van der Waals surface area contributed by atoms with Crippen LogP contribution in [0, 0.1) is 10.1 Å². The Hall–Kier alpha value is -9.00. The minimum Gasteiger partial charge on any atom is -0.483 e. The number of carboxylic acid groups (broad SMARTS) is 3. The molecule has 6 rings (SSSR count). The number of pyridine rings is 3. The highest BCUT2D eigenvalue weighted by atomic mass is 16.6. The van der Waals surface area contributed by atoms with E-state index < -0.39 is 175 Å². The number of nitro groups is 1. The highest BCUT2D eigenvalue weighted by Crippen LogP contribution is 2.62. The van der Waals surface area contributed by atoms with Gasteiger partial charge in [-0.05, 0) is 36.0 Å². The Morgan fingerprint density at radius 2 is 0.734 bits per heavy atom. The number of amides is 3. The smallest absolute Gasteiger partial charge is 0.405 e. The van der Waals surface area contributed by atoms with Crippen LogP contribution in [0.4, 0.5) is 14.4 Å². The van der Waals surface area contributed by atoms with Crippen LogP contribution in [0.15, 0.2) is 142 Å². The van der Waals surface area contributed by atoms with Crippen LogP contribution >= 0.6 is 0 Å². The van der Waals surface area contributed by atoms with Crippen molar-refractivity contribution in [2.75, 3.05) is 19.8 Å². The van der Waals surface area contributed by atoms with Gasteiger partial charge in [0.2, 0.25) is 16.3 Å². The van der Waals surface area contributed by atoms with Gasteiger partial charge in [-0.2, -0.15) is 0 Å². The number of benzene rings is 3. The molecular weight excluding hydrogens is 1030 g/mol. The number of rotatable bonds is 28. The minimum absolute atomic E-state index is 0.417. The summed E-state index contributed by atoms with van der Waals surface area (Å²) in [5.74, 6) is -2.44. The molecule has 0 aliphatic carbocycles. The Morgan fingerprint density at radius 3 is 0.937 bits per heavy atom. The topological polar surface area (TPSA) is 346 Å². The molecule has 3 atom stereocenters. The first kappa shape index (κ1) is 59.2. The summed E-state index contributed by atoms with van der Waals surface area (Å²) < 4.78 is 22.3. The Balaban J connectivity index is 2.08. The second-order valence-corrected chi connectivity index (χ2v) is 18.2. The third kappa shape index (κ3) is 11.4. The second-order valence-electron chi connectivity index (χ2n) is 18.2. The number of hydrogen-bond donors (Lipinski definition) is 9. The fraction of sp³-hybridized carbons (Fsp3) is 0.345. The fourth-order valence-corrected chi connectivity index (χ4v) is 11.1. The summed E-state index contributed by atoms with van der Waals surface area (Å²) in [7, 11) is 0. The van der Waals surface area contributed by atoms with E-state index in [0.717, 1.165) is 50.5 Å². The van der Waals surface area contributed by atoms with Crippen molar-refractivity contribution < 1.29 is 64.2 Å². The average molecular weight is 1090 g/mol. The Labute approximate surface area is 451 Å². The van der Waals surface area contributed by atoms with Gasteiger partial charge in [0, 0.05) is 61.3 Å². The highest BCUT2D eigenvalue weighted by molar-refractivity contribution is 5.72. The summed E-state index contributed by atoms with van der Waals surface area (Å²) in [6, 6.07) is 27.5. The first-order chi connectivity index (χ1) is 37.9. The molecule has 0 radical (unpaired) electrons. The van der Waals surface area contributed by atoms with E-state index in [9.17, 15) is 59.4 Å². The molecule has 24 heteroatoms. The molecule has 0 saturated heterocycles. The van der Waals surface area contributed by atoms with E-state index in [2.05, 4.69) is 16.0 Å². The number of aromatic nitrogens is 3. The van der Waals surface area contributed by atoms with Crippen LogP contribution in [-0.4, -0.2) is 92.9 Å². The van der Waals surface area contributed by atoms with Crippen LogP contribution < -0.4 is 46.4 Å². The maximum atomic E-state index is 16.4. The van der Waals surface area contributed by atoms with E-state index in [1.807, 2.05) is 0 Å². The van der Waals surface area contributed by atoms with E-state index in [1.165, 1.54) is 20.8 Å². The van der Waals surface area contributed by atoms with Crippen molar-refractivity contribution in [3.8, 4) is 17.2 Å². The lowest BCUT2D eigenvalue weighted by atomic mass is 9.49. The number of nitrogens with zero attached hydrogens (tertiary/aromatic N) is 4. The minimum atomic E-state index is -4.04. The van der Waals surface area contributed by atoms with E-state index in [4.69, 9.17) is 14.2 Å². The lowest BCUT2D eigenvalue weighted by Gasteiger charge is -2.60. The summed E-state index contributed by atoms with van der Waals surface area (Å²) in [5.41, 5.74) is -18.5. The summed E-state index contributed by atoms with van der Waals surface area (Å²) in [5, 5.41) is 90.5. The van der Waals surface area contributed by atoms with E-state index in [-0.39, 0.29) is 0 Å². The molecule has 420 valence electrons. The molecule has 0 fully saturated rings. The largest absolute Gasteiger partial charge is 0.483 e. The lowest BCUT2D eigenvalue weighted by molar-refractivity contribution is -0.621. The highest BCUT2D eigenvalue weighted by Gasteiger charge is 2.86. The van der Waals surface area contributed by atoms with Gasteiger partial charge in [0.15, 0.2) is 33.9 Å². The van der Waals surface area contributed by atoms with Gasteiger partial charge in [0.05, 0.1) is 36.9 Å². The van der Waals surface area contributed by atoms with Gasteiger partial charge in [0.25, 0.3) is 0 Å². The first-order valence-corrected chi connectivity index (χ1v) is 25.1. The van der Waals surface area contributed by atoms with Crippen molar-refractivity contribution in [2.24, 2.45) is 0 Å². The van der Waals surface area contributed by atoms with E-state index in [1.54, 1.807) is 91.0 Å². The molecule has 3 heterocycles. The summed E-state index contributed by atoms with van der Waals surface area (Å²) >= 11 is 0. The summed E-state index contributed by atoms with van der Waals surface area (Å²) in [6.07, 6.45) is -6.07. The van der Waals surface area contributed by atoms with Crippen molar-refractivity contribution in [3.63, 3.8) is 0 Å². The molecule has 0 saturated carbocycles.